The highest BCUT2D eigenvalue weighted by atomic mass is 32.2. The van der Waals surface area contributed by atoms with Crippen LogP contribution in [0.5, 0.6) is 0 Å². The van der Waals surface area contributed by atoms with Crippen molar-refractivity contribution < 1.29 is 13.2 Å². The van der Waals surface area contributed by atoms with Crippen LogP contribution in [-0.4, -0.2) is 31.7 Å². The maximum atomic E-state index is 12.9. The fourth-order valence-corrected chi connectivity index (χ4v) is 5.60. The van der Waals surface area contributed by atoms with Crippen LogP contribution in [0.25, 0.3) is 6.08 Å². The van der Waals surface area contributed by atoms with E-state index in [1.807, 2.05) is 42.5 Å². The van der Waals surface area contributed by atoms with Crippen LogP contribution in [0.15, 0.2) is 60.0 Å². The van der Waals surface area contributed by atoms with E-state index in [1.165, 1.54) is 20.8 Å². The highest BCUT2D eigenvalue weighted by Crippen LogP contribution is 2.30. The van der Waals surface area contributed by atoms with Crippen molar-refractivity contribution in [2.24, 2.45) is 5.92 Å². The highest BCUT2D eigenvalue weighted by Gasteiger charge is 2.31. The van der Waals surface area contributed by atoms with Gasteiger partial charge in [0, 0.05) is 24.4 Å². The van der Waals surface area contributed by atoms with Crippen molar-refractivity contribution >= 4 is 22.0 Å². The first kappa shape index (κ1) is 20.8. The van der Waals surface area contributed by atoms with Crippen LogP contribution >= 0.6 is 0 Å². The summed E-state index contributed by atoms with van der Waals surface area (Å²) in [4.78, 5) is 12.9. The van der Waals surface area contributed by atoms with E-state index >= 15 is 0 Å². The van der Waals surface area contributed by atoms with E-state index in [0.29, 0.717) is 25.9 Å². The Morgan fingerprint density at radius 1 is 0.967 bits per heavy atom. The molecular formula is C24H28N2O3S. The summed E-state index contributed by atoms with van der Waals surface area (Å²) in [7, 11) is -3.48. The molecule has 2 aliphatic rings. The summed E-state index contributed by atoms with van der Waals surface area (Å²) in [5, 5.41) is 4.49. The number of benzene rings is 2. The van der Waals surface area contributed by atoms with E-state index in [-0.39, 0.29) is 17.9 Å². The molecule has 1 N–H and O–H groups in total. The molecule has 1 saturated heterocycles. The zero-order valence-corrected chi connectivity index (χ0v) is 17.9. The normalized spacial score (nSPS) is 20.7. The Hall–Kier alpha value is -2.44. The van der Waals surface area contributed by atoms with Crippen LogP contribution < -0.4 is 5.32 Å². The smallest absolute Gasteiger partial charge is 0.236 e. The first-order valence-corrected chi connectivity index (χ1v) is 12.1. The maximum absolute atomic E-state index is 12.9. The van der Waals surface area contributed by atoms with Gasteiger partial charge in [-0.05, 0) is 54.9 Å². The molecule has 1 atom stereocenters. The summed E-state index contributed by atoms with van der Waals surface area (Å²) in [6.45, 7) is 0.752. The zero-order valence-electron chi connectivity index (χ0n) is 17.0. The summed E-state index contributed by atoms with van der Waals surface area (Å²) in [5.74, 6) is -0.0859. The molecule has 1 unspecified atom stereocenters. The van der Waals surface area contributed by atoms with E-state index in [1.54, 1.807) is 6.08 Å². The number of amides is 1. The van der Waals surface area contributed by atoms with Gasteiger partial charge in [-0.2, -0.15) is 4.31 Å². The van der Waals surface area contributed by atoms with Crippen LogP contribution in [0.4, 0.5) is 0 Å². The van der Waals surface area contributed by atoms with Gasteiger partial charge >= 0.3 is 0 Å². The number of piperidine rings is 1. The molecule has 4 rings (SSSR count). The van der Waals surface area contributed by atoms with Crippen LogP contribution in [0.2, 0.25) is 0 Å². The van der Waals surface area contributed by atoms with Gasteiger partial charge in [0.15, 0.2) is 0 Å². The van der Waals surface area contributed by atoms with Crippen molar-refractivity contribution in [1.82, 2.24) is 9.62 Å². The Kier molecular flexibility index (Phi) is 6.35. The van der Waals surface area contributed by atoms with Gasteiger partial charge in [0.2, 0.25) is 15.9 Å². The quantitative estimate of drug-likeness (QED) is 0.792. The second kappa shape index (κ2) is 9.14. The zero-order chi connectivity index (χ0) is 21.0. The van der Waals surface area contributed by atoms with Crippen molar-refractivity contribution in [2.45, 2.75) is 38.1 Å². The molecule has 0 bridgehead atoms. The van der Waals surface area contributed by atoms with E-state index in [9.17, 15) is 13.2 Å². The summed E-state index contributed by atoms with van der Waals surface area (Å²) >= 11 is 0. The third-order valence-electron chi connectivity index (χ3n) is 6.10. The van der Waals surface area contributed by atoms with Gasteiger partial charge in [-0.3, -0.25) is 4.79 Å². The number of nitrogens with one attached hydrogen (secondary N) is 1. The molecule has 2 aromatic carbocycles. The SMILES string of the molecule is O=C(NC1CCCc2ccccc21)C1CCN(S(=O)(=O)/C=C/c2ccccc2)CC1. The van der Waals surface area contributed by atoms with Gasteiger partial charge in [0.1, 0.15) is 0 Å². The second-order valence-electron chi connectivity index (χ2n) is 8.08. The minimum atomic E-state index is -3.48. The molecule has 5 nitrogen and oxygen atoms in total. The van der Waals surface area contributed by atoms with Gasteiger partial charge in [-0.25, -0.2) is 8.42 Å². The molecule has 2 aromatic rings. The molecule has 0 aromatic heterocycles. The molecule has 1 aliphatic heterocycles. The van der Waals surface area contributed by atoms with Crippen molar-refractivity contribution in [1.29, 1.82) is 0 Å². The number of aryl methyl sites for hydroxylation is 1. The largest absolute Gasteiger partial charge is 0.349 e. The number of carbonyl (C=O) groups excluding carboxylic acids is 1. The van der Waals surface area contributed by atoms with Gasteiger partial charge in [0.25, 0.3) is 0 Å². The number of hydrogen-bond acceptors (Lipinski definition) is 3. The van der Waals surface area contributed by atoms with E-state index in [2.05, 4.69) is 17.4 Å². The Bertz CT molecular complexity index is 1010. The molecule has 1 aliphatic carbocycles. The van der Waals surface area contributed by atoms with Crippen molar-refractivity contribution in [2.75, 3.05) is 13.1 Å². The number of fused-ring (bicyclic) bond motifs is 1. The van der Waals surface area contributed by atoms with E-state index < -0.39 is 10.0 Å². The first-order chi connectivity index (χ1) is 14.5. The number of hydrogen-bond donors (Lipinski definition) is 1. The topological polar surface area (TPSA) is 66.5 Å². The number of carbonyl (C=O) groups is 1. The lowest BCUT2D eigenvalue weighted by Crippen LogP contribution is -2.43. The third kappa shape index (κ3) is 4.82. The van der Waals surface area contributed by atoms with E-state index in [0.717, 1.165) is 24.8 Å². The Morgan fingerprint density at radius 2 is 1.67 bits per heavy atom. The molecule has 158 valence electrons. The molecule has 1 heterocycles. The predicted octanol–water partition coefficient (Wildman–Crippen LogP) is 3.89. The minimum Gasteiger partial charge on any atom is -0.349 e. The van der Waals surface area contributed by atoms with Gasteiger partial charge in [-0.15, -0.1) is 0 Å². The standard InChI is InChI=1S/C24H28N2O3S/c27-24(25-23-12-6-10-20-9-4-5-11-22(20)23)21-13-16-26(17-14-21)30(28,29)18-15-19-7-2-1-3-8-19/h1-5,7-9,11,15,18,21,23H,6,10,12-14,16-17H2,(H,25,27)/b18-15+. The molecule has 1 fully saturated rings. The fourth-order valence-electron chi connectivity index (χ4n) is 4.38. The monoisotopic (exact) mass is 424 g/mol. The highest BCUT2D eigenvalue weighted by molar-refractivity contribution is 7.92. The lowest BCUT2D eigenvalue weighted by atomic mass is 9.87. The van der Waals surface area contributed by atoms with Gasteiger partial charge in [0.05, 0.1) is 6.04 Å². The average molecular weight is 425 g/mol. The van der Waals surface area contributed by atoms with Crippen LogP contribution in [-0.2, 0) is 21.2 Å². The van der Waals surface area contributed by atoms with Gasteiger partial charge < -0.3 is 5.32 Å². The Morgan fingerprint density at radius 3 is 2.43 bits per heavy atom. The summed E-state index contributed by atoms with van der Waals surface area (Å²) < 4.78 is 26.7. The van der Waals surface area contributed by atoms with Crippen molar-refractivity contribution in [3.63, 3.8) is 0 Å². The molecule has 0 spiro atoms. The Balaban J connectivity index is 1.33. The molecule has 1 amide bonds. The van der Waals surface area contributed by atoms with Crippen molar-refractivity contribution in [3.8, 4) is 0 Å². The lowest BCUT2D eigenvalue weighted by Gasteiger charge is -2.32. The summed E-state index contributed by atoms with van der Waals surface area (Å²) in [6, 6.07) is 17.8. The third-order valence-corrected chi connectivity index (χ3v) is 7.67. The fraction of sp³-hybridized carbons (Fsp3) is 0.375. The molecule has 0 saturated carbocycles. The number of sulfonamides is 1. The van der Waals surface area contributed by atoms with Crippen molar-refractivity contribution in [3.05, 3.63) is 76.7 Å². The van der Waals surface area contributed by atoms with Crippen LogP contribution in [0.1, 0.15) is 48.4 Å². The molecule has 6 heteroatoms. The van der Waals surface area contributed by atoms with Gasteiger partial charge in [-0.1, -0.05) is 54.6 Å². The lowest BCUT2D eigenvalue weighted by molar-refractivity contribution is -0.127. The predicted molar refractivity (Wildman–Crippen MR) is 119 cm³/mol. The van der Waals surface area contributed by atoms with E-state index in [4.69, 9.17) is 0 Å². The van der Waals surface area contributed by atoms with Crippen LogP contribution in [0.3, 0.4) is 0 Å². The number of rotatable bonds is 5. The number of nitrogens with zero attached hydrogens (tertiary/aromatic N) is 1. The summed E-state index contributed by atoms with van der Waals surface area (Å²) in [6.07, 6.45) is 5.83. The molecule has 0 radical (unpaired) electrons. The second-order valence-corrected chi connectivity index (χ2v) is 9.90. The maximum Gasteiger partial charge on any atom is 0.236 e. The Labute approximate surface area is 178 Å². The molecular weight excluding hydrogens is 396 g/mol. The summed E-state index contributed by atoms with van der Waals surface area (Å²) in [5.41, 5.74) is 3.39. The average Bonchev–Trinajstić information content (AvgIpc) is 2.79. The van der Waals surface area contributed by atoms with Crippen LogP contribution in [0, 0.1) is 5.92 Å². The minimum absolute atomic E-state index is 0.0496. The first-order valence-electron chi connectivity index (χ1n) is 10.6. The molecule has 30 heavy (non-hydrogen) atoms.